The van der Waals surface area contributed by atoms with Crippen molar-refractivity contribution >= 4 is 44.1 Å². The zero-order chi connectivity index (χ0) is 16.8. The van der Waals surface area contributed by atoms with Gasteiger partial charge in [0.05, 0.1) is 5.52 Å². The summed E-state index contributed by atoms with van der Waals surface area (Å²) >= 11 is 9.45. The van der Waals surface area contributed by atoms with E-state index in [1.165, 1.54) is 5.56 Å². The monoisotopic (exact) mass is 404 g/mol. The first kappa shape index (κ1) is 17.1. The second-order valence-electron chi connectivity index (χ2n) is 5.49. The fourth-order valence-corrected chi connectivity index (χ4v) is 3.08. The van der Waals surface area contributed by atoms with Gasteiger partial charge >= 0.3 is 0 Å². The van der Waals surface area contributed by atoms with E-state index in [0.29, 0.717) is 5.02 Å². The van der Waals surface area contributed by atoms with Crippen LogP contribution in [0.25, 0.3) is 10.9 Å². The van der Waals surface area contributed by atoms with Gasteiger partial charge in [0.15, 0.2) is 0 Å². The molecular formula is C18H18BrClN4. The largest absolute Gasteiger partial charge is 0.384 e. The zero-order valence-electron chi connectivity index (χ0n) is 13.1. The molecule has 1 aromatic carbocycles. The number of anilines is 1. The van der Waals surface area contributed by atoms with Crippen molar-refractivity contribution in [2.45, 2.75) is 13.0 Å². The van der Waals surface area contributed by atoms with E-state index < -0.39 is 0 Å². The molecule has 2 heterocycles. The Bertz CT molecular complexity index is 825. The minimum absolute atomic E-state index is 0.707. The molecule has 0 saturated carbocycles. The maximum Gasteiger partial charge on any atom is 0.0737 e. The second kappa shape index (κ2) is 8.42. The topological polar surface area (TPSA) is 49.8 Å². The summed E-state index contributed by atoms with van der Waals surface area (Å²) in [6.45, 7) is 2.66. The summed E-state index contributed by atoms with van der Waals surface area (Å²) in [4.78, 5) is 8.51. The lowest BCUT2D eigenvalue weighted by molar-refractivity contribution is 0.662. The summed E-state index contributed by atoms with van der Waals surface area (Å²) in [5.74, 6) is 0. The van der Waals surface area contributed by atoms with Crippen molar-refractivity contribution in [3.8, 4) is 0 Å². The maximum atomic E-state index is 6.02. The molecule has 2 N–H and O–H groups in total. The van der Waals surface area contributed by atoms with Crippen LogP contribution in [0.15, 0.2) is 53.4 Å². The highest BCUT2D eigenvalue weighted by Gasteiger charge is 2.02. The van der Waals surface area contributed by atoms with Crippen molar-refractivity contribution in [2.24, 2.45) is 0 Å². The Morgan fingerprint density at radius 2 is 2.00 bits per heavy atom. The van der Waals surface area contributed by atoms with Gasteiger partial charge in [0.1, 0.15) is 0 Å². The van der Waals surface area contributed by atoms with Gasteiger partial charge in [0.25, 0.3) is 0 Å². The summed E-state index contributed by atoms with van der Waals surface area (Å²) in [6, 6.07) is 9.86. The minimum Gasteiger partial charge on any atom is -0.384 e. The lowest BCUT2D eigenvalue weighted by atomic mass is 10.2. The minimum atomic E-state index is 0.707. The molecule has 0 saturated heterocycles. The number of rotatable bonds is 7. The summed E-state index contributed by atoms with van der Waals surface area (Å²) in [5, 5.41) is 8.70. The molecular weight excluding hydrogens is 388 g/mol. The average Bonchev–Trinajstić information content (AvgIpc) is 2.58. The standard InChI is InChI=1S/C18H18BrClN4/c19-14-8-13(11-22-12-14)10-21-5-1-6-23-17-4-7-24-18-9-15(20)2-3-16(17)18/h2-4,7-9,11-12,21H,1,5-6,10H2,(H,23,24). The van der Waals surface area contributed by atoms with Crippen LogP contribution in [-0.2, 0) is 6.54 Å². The summed E-state index contributed by atoms with van der Waals surface area (Å²) in [7, 11) is 0. The van der Waals surface area contributed by atoms with Crippen LogP contribution in [0, 0.1) is 0 Å². The molecule has 0 aliphatic rings. The number of nitrogens with zero attached hydrogens (tertiary/aromatic N) is 2. The van der Waals surface area contributed by atoms with E-state index >= 15 is 0 Å². The van der Waals surface area contributed by atoms with Crippen LogP contribution in [-0.4, -0.2) is 23.1 Å². The van der Waals surface area contributed by atoms with Gasteiger partial charge in [-0.3, -0.25) is 9.97 Å². The van der Waals surface area contributed by atoms with Crippen molar-refractivity contribution in [2.75, 3.05) is 18.4 Å². The van der Waals surface area contributed by atoms with Crippen molar-refractivity contribution in [1.29, 1.82) is 0 Å². The van der Waals surface area contributed by atoms with E-state index in [1.807, 2.05) is 30.5 Å². The van der Waals surface area contributed by atoms with Crippen LogP contribution < -0.4 is 10.6 Å². The van der Waals surface area contributed by atoms with Crippen molar-refractivity contribution in [3.63, 3.8) is 0 Å². The van der Waals surface area contributed by atoms with Gasteiger partial charge in [-0.1, -0.05) is 11.6 Å². The van der Waals surface area contributed by atoms with Gasteiger partial charge in [-0.15, -0.1) is 0 Å². The van der Waals surface area contributed by atoms with Gasteiger partial charge in [-0.25, -0.2) is 0 Å². The van der Waals surface area contributed by atoms with Crippen LogP contribution in [0.1, 0.15) is 12.0 Å². The Labute approximate surface area is 154 Å². The molecule has 0 aliphatic carbocycles. The highest BCUT2D eigenvalue weighted by molar-refractivity contribution is 9.10. The first-order chi connectivity index (χ1) is 11.7. The van der Waals surface area contributed by atoms with E-state index in [9.17, 15) is 0 Å². The quantitative estimate of drug-likeness (QED) is 0.562. The molecule has 3 rings (SSSR count). The van der Waals surface area contributed by atoms with E-state index in [4.69, 9.17) is 11.6 Å². The normalized spacial score (nSPS) is 10.9. The van der Waals surface area contributed by atoms with Gasteiger partial charge in [0.2, 0.25) is 0 Å². The van der Waals surface area contributed by atoms with Gasteiger partial charge in [0, 0.05) is 52.2 Å². The molecule has 6 heteroatoms. The molecule has 3 aromatic rings. The number of nitrogens with one attached hydrogen (secondary N) is 2. The zero-order valence-corrected chi connectivity index (χ0v) is 15.4. The van der Waals surface area contributed by atoms with E-state index in [-0.39, 0.29) is 0 Å². The van der Waals surface area contributed by atoms with Crippen LogP contribution in [0.4, 0.5) is 5.69 Å². The number of hydrogen-bond donors (Lipinski definition) is 2. The SMILES string of the molecule is Clc1ccc2c(NCCCNCc3cncc(Br)c3)ccnc2c1. The molecule has 0 radical (unpaired) electrons. The second-order valence-corrected chi connectivity index (χ2v) is 6.84. The fraction of sp³-hybridized carbons (Fsp3) is 0.222. The average molecular weight is 406 g/mol. The van der Waals surface area contributed by atoms with Crippen molar-refractivity contribution in [1.82, 2.24) is 15.3 Å². The maximum absolute atomic E-state index is 6.02. The lowest BCUT2D eigenvalue weighted by Gasteiger charge is -2.10. The predicted molar refractivity (Wildman–Crippen MR) is 104 cm³/mol. The molecule has 0 bridgehead atoms. The predicted octanol–water partition coefficient (Wildman–Crippen LogP) is 4.64. The molecule has 0 aliphatic heterocycles. The van der Waals surface area contributed by atoms with Crippen molar-refractivity contribution < 1.29 is 0 Å². The molecule has 0 spiro atoms. The first-order valence-corrected chi connectivity index (χ1v) is 8.98. The highest BCUT2D eigenvalue weighted by Crippen LogP contribution is 2.24. The number of fused-ring (bicyclic) bond motifs is 1. The summed E-state index contributed by atoms with van der Waals surface area (Å²) < 4.78 is 1.01. The van der Waals surface area contributed by atoms with E-state index in [1.54, 1.807) is 12.4 Å². The Morgan fingerprint density at radius 1 is 1.08 bits per heavy atom. The number of pyridine rings is 2. The van der Waals surface area contributed by atoms with Gasteiger partial charge in [-0.05, 0) is 64.8 Å². The highest BCUT2D eigenvalue weighted by atomic mass is 79.9. The van der Waals surface area contributed by atoms with Gasteiger partial charge < -0.3 is 10.6 Å². The molecule has 4 nitrogen and oxygen atoms in total. The van der Waals surface area contributed by atoms with Crippen LogP contribution >= 0.6 is 27.5 Å². The third-order valence-corrected chi connectivity index (χ3v) is 4.31. The van der Waals surface area contributed by atoms with Crippen LogP contribution in [0.2, 0.25) is 5.02 Å². The fourth-order valence-electron chi connectivity index (χ4n) is 2.50. The molecule has 0 unspecified atom stereocenters. The lowest BCUT2D eigenvalue weighted by Crippen LogP contribution is -2.17. The number of aromatic nitrogens is 2. The Morgan fingerprint density at radius 3 is 2.88 bits per heavy atom. The molecule has 2 aromatic heterocycles. The third kappa shape index (κ3) is 4.66. The van der Waals surface area contributed by atoms with Crippen molar-refractivity contribution in [3.05, 3.63) is 64.0 Å². The number of hydrogen-bond acceptors (Lipinski definition) is 4. The molecule has 0 amide bonds. The number of halogens is 2. The van der Waals surface area contributed by atoms with E-state index in [0.717, 1.165) is 47.1 Å². The molecule has 24 heavy (non-hydrogen) atoms. The van der Waals surface area contributed by atoms with Gasteiger partial charge in [-0.2, -0.15) is 0 Å². The first-order valence-electron chi connectivity index (χ1n) is 7.81. The Hall–Kier alpha value is -1.69. The molecule has 124 valence electrons. The van der Waals surface area contributed by atoms with Crippen LogP contribution in [0.3, 0.4) is 0 Å². The summed E-state index contributed by atoms with van der Waals surface area (Å²) in [6.07, 6.45) is 6.50. The Balaban J connectivity index is 1.45. The number of benzene rings is 1. The van der Waals surface area contributed by atoms with E-state index in [2.05, 4.69) is 42.6 Å². The Kier molecular flexibility index (Phi) is 6.01. The molecule has 0 atom stereocenters. The van der Waals surface area contributed by atoms with Crippen LogP contribution in [0.5, 0.6) is 0 Å². The third-order valence-electron chi connectivity index (χ3n) is 3.64. The summed E-state index contributed by atoms with van der Waals surface area (Å²) in [5.41, 5.74) is 3.18. The molecule has 0 fully saturated rings. The smallest absolute Gasteiger partial charge is 0.0737 e.